The third-order valence-electron chi connectivity index (χ3n) is 2.88. The molecule has 0 amide bonds. The Bertz CT molecular complexity index is 435. The largest absolute Gasteiger partial charge is 0.507 e. The lowest BCUT2D eigenvalue weighted by atomic mass is 10.1. The van der Waals surface area contributed by atoms with Crippen LogP contribution in [0.1, 0.15) is 23.2 Å². The minimum absolute atomic E-state index is 0.0767. The molecule has 0 bridgehead atoms. The van der Waals surface area contributed by atoms with Crippen LogP contribution in [0, 0.1) is 6.92 Å². The monoisotopic (exact) mass is 194 g/mol. The van der Waals surface area contributed by atoms with Gasteiger partial charge in [0, 0.05) is 24.3 Å². The summed E-state index contributed by atoms with van der Waals surface area (Å²) in [5.74, 6) is 0.0886. The molecule has 76 valence electrons. The fourth-order valence-corrected chi connectivity index (χ4v) is 2.09. The van der Waals surface area contributed by atoms with Gasteiger partial charge in [-0.25, -0.2) is 0 Å². The quantitative estimate of drug-likeness (QED) is 0.674. The van der Waals surface area contributed by atoms with E-state index in [2.05, 4.69) is 0 Å². The van der Waals surface area contributed by atoms with Crippen LogP contribution < -0.4 is 11.3 Å². The molecule has 1 aromatic heterocycles. The second kappa shape index (κ2) is 3.13. The van der Waals surface area contributed by atoms with Crippen LogP contribution in [0.25, 0.3) is 0 Å². The fourth-order valence-electron chi connectivity index (χ4n) is 2.09. The van der Waals surface area contributed by atoms with Gasteiger partial charge in [-0.15, -0.1) is 0 Å². The van der Waals surface area contributed by atoms with Gasteiger partial charge in [0.25, 0.3) is 5.56 Å². The maximum Gasteiger partial charge on any atom is 0.257 e. The van der Waals surface area contributed by atoms with Crippen LogP contribution >= 0.6 is 0 Å². The second-order valence-corrected chi connectivity index (χ2v) is 3.66. The molecule has 0 spiro atoms. The lowest BCUT2D eigenvalue weighted by Gasteiger charge is -2.12. The SMILES string of the molecule is Cc1c(O)c(CN)c2n(c1=O)CCC2. The standard InChI is InChI=1S/C10H14N2O2/c1-6-9(13)7(5-11)8-3-2-4-12(8)10(6)14/h13H,2-5,11H2,1H3. The van der Waals surface area contributed by atoms with E-state index in [1.807, 2.05) is 0 Å². The zero-order chi connectivity index (χ0) is 10.3. The molecule has 0 aromatic carbocycles. The van der Waals surface area contributed by atoms with E-state index in [-0.39, 0.29) is 11.3 Å². The highest BCUT2D eigenvalue weighted by Gasteiger charge is 2.21. The Balaban J connectivity index is 2.80. The third-order valence-corrected chi connectivity index (χ3v) is 2.88. The van der Waals surface area contributed by atoms with Crippen molar-refractivity contribution >= 4 is 0 Å². The first kappa shape index (κ1) is 9.27. The Morgan fingerprint density at radius 3 is 2.93 bits per heavy atom. The number of nitrogens with two attached hydrogens (primary N) is 1. The molecule has 0 atom stereocenters. The van der Waals surface area contributed by atoms with Crippen molar-refractivity contribution in [2.24, 2.45) is 5.73 Å². The number of pyridine rings is 1. The highest BCUT2D eigenvalue weighted by molar-refractivity contribution is 5.42. The van der Waals surface area contributed by atoms with Crippen molar-refractivity contribution in [2.75, 3.05) is 0 Å². The van der Waals surface area contributed by atoms with Gasteiger partial charge in [0.15, 0.2) is 0 Å². The zero-order valence-corrected chi connectivity index (χ0v) is 8.21. The summed E-state index contributed by atoms with van der Waals surface area (Å²) in [6, 6.07) is 0. The maximum atomic E-state index is 11.7. The van der Waals surface area contributed by atoms with Crippen LogP contribution in [0.3, 0.4) is 0 Å². The third kappa shape index (κ3) is 1.07. The van der Waals surface area contributed by atoms with Gasteiger partial charge in [0.2, 0.25) is 0 Å². The number of aromatic hydroxyl groups is 1. The Hall–Kier alpha value is -1.29. The minimum Gasteiger partial charge on any atom is -0.507 e. The number of rotatable bonds is 1. The van der Waals surface area contributed by atoms with Crippen molar-refractivity contribution in [3.8, 4) is 5.75 Å². The lowest BCUT2D eigenvalue weighted by molar-refractivity contribution is 0.458. The first-order chi connectivity index (χ1) is 6.66. The van der Waals surface area contributed by atoms with Gasteiger partial charge in [-0.2, -0.15) is 0 Å². The van der Waals surface area contributed by atoms with E-state index >= 15 is 0 Å². The van der Waals surface area contributed by atoms with Crippen LogP contribution in [-0.4, -0.2) is 9.67 Å². The van der Waals surface area contributed by atoms with Crippen molar-refractivity contribution in [1.29, 1.82) is 0 Å². The molecule has 0 fully saturated rings. The van der Waals surface area contributed by atoms with Crippen LogP contribution in [0.4, 0.5) is 0 Å². The molecule has 4 nitrogen and oxygen atoms in total. The molecule has 1 aliphatic rings. The summed E-state index contributed by atoms with van der Waals surface area (Å²) in [5, 5.41) is 9.75. The van der Waals surface area contributed by atoms with E-state index in [9.17, 15) is 9.90 Å². The fraction of sp³-hybridized carbons (Fsp3) is 0.500. The predicted octanol–water partition coefficient (Wildman–Crippen LogP) is 0.267. The lowest BCUT2D eigenvalue weighted by Crippen LogP contribution is -2.24. The number of hydrogen-bond donors (Lipinski definition) is 2. The predicted molar refractivity (Wildman–Crippen MR) is 53.3 cm³/mol. The van der Waals surface area contributed by atoms with Gasteiger partial charge in [-0.1, -0.05) is 0 Å². The zero-order valence-electron chi connectivity index (χ0n) is 8.21. The number of hydrogen-bond acceptors (Lipinski definition) is 3. The number of nitrogens with zero attached hydrogens (tertiary/aromatic N) is 1. The van der Waals surface area contributed by atoms with E-state index in [1.54, 1.807) is 11.5 Å². The summed E-state index contributed by atoms with van der Waals surface area (Å²) < 4.78 is 1.73. The summed E-state index contributed by atoms with van der Waals surface area (Å²) in [4.78, 5) is 11.7. The van der Waals surface area contributed by atoms with Crippen LogP contribution in [0.15, 0.2) is 4.79 Å². The van der Waals surface area contributed by atoms with E-state index in [0.717, 1.165) is 30.6 Å². The molecule has 1 aliphatic heterocycles. The van der Waals surface area contributed by atoms with Crippen LogP contribution in [-0.2, 0) is 19.5 Å². The first-order valence-corrected chi connectivity index (χ1v) is 4.81. The van der Waals surface area contributed by atoms with Gasteiger partial charge in [0.05, 0.1) is 5.56 Å². The van der Waals surface area contributed by atoms with Crippen LogP contribution in [0.2, 0.25) is 0 Å². The molecular weight excluding hydrogens is 180 g/mol. The molecule has 3 N–H and O–H groups in total. The average Bonchev–Trinajstić information content (AvgIpc) is 2.64. The molecule has 0 unspecified atom stereocenters. The van der Waals surface area contributed by atoms with Gasteiger partial charge < -0.3 is 15.4 Å². The van der Waals surface area contributed by atoms with Crippen molar-refractivity contribution in [3.05, 3.63) is 27.2 Å². The van der Waals surface area contributed by atoms with Gasteiger partial charge in [-0.05, 0) is 19.8 Å². The van der Waals surface area contributed by atoms with Crippen molar-refractivity contribution in [3.63, 3.8) is 0 Å². The van der Waals surface area contributed by atoms with E-state index < -0.39 is 0 Å². The van der Waals surface area contributed by atoms with Gasteiger partial charge in [-0.3, -0.25) is 4.79 Å². The van der Waals surface area contributed by atoms with Crippen molar-refractivity contribution in [1.82, 2.24) is 4.57 Å². The normalized spacial score (nSPS) is 14.4. The maximum absolute atomic E-state index is 11.7. The molecule has 0 aliphatic carbocycles. The number of aromatic nitrogens is 1. The number of fused-ring (bicyclic) bond motifs is 1. The first-order valence-electron chi connectivity index (χ1n) is 4.81. The summed E-state index contributed by atoms with van der Waals surface area (Å²) >= 11 is 0. The highest BCUT2D eigenvalue weighted by atomic mass is 16.3. The Morgan fingerprint density at radius 2 is 2.29 bits per heavy atom. The summed E-state index contributed by atoms with van der Waals surface area (Å²) in [7, 11) is 0. The van der Waals surface area contributed by atoms with Gasteiger partial charge in [0.1, 0.15) is 5.75 Å². The Morgan fingerprint density at radius 1 is 1.57 bits per heavy atom. The summed E-state index contributed by atoms with van der Waals surface area (Å²) in [6.45, 7) is 2.69. The topological polar surface area (TPSA) is 68.2 Å². The smallest absolute Gasteiger partial charge is 0.257 e. The van der Waals surface area contributed by atoms with E-state index in [1.165, 1.54) is 0 Å². The molecule has 1 aromatic rings. The molecule has 0 saturated heterocycles. The van der Waals surface area contributed by atoms with Crippen molar-refractivity contribution < 1.29 is 5.11 Å². The summed E-state index contributed by atoms with van der Waals surface area (Å²) in [6.07, 6.45) is 1.81. The minimum atomic E-state index is -0.0767. The molecular formula is C10H14N2O2. The Labute approximate surface area is 82.0 Å². The molecule has 0 saturated carbocycles. The van der Waals surface area contributed by atoms with E-state index in [0.29, 0.717) is 12.1 Å². The average molecular weight is 194 g/mol. The highest BCUT2D eigenvalue weighted by Crippen LogP contribution is 2.26. The summed E-state index contributed by atoms with van der Waals surface area (Å²) in [5.41, 5.74) is 7.56. The van der Waals surface area contributed by atoms with E-state index in [4.69, 9.17) is 5.73 Å². The molecule has 4 heteroatoms. The Kier molecular flexibility index (Phi) is 2.07. The molecule has 2 heterocycles. The van der Waals surface area contributed by atoms with Crippen molar-refractivity contribution in [2.45, 2.75) is 32.9 Å². The van der Waals surface area contributed by atoms with Gasteiger partial charge >= 0.3 is 0 Å². The second-order valence-electron chi connectivity index (χ2n) is 3.66. The molecule has 14 heavy (non-hydrogen) atoms. The van der Waals surface area contributed by atoms with Crippen LogP contribution in [0.5, 0.6) is 5.75 Å². The molecule has 2 rings (SSSR count). The molecule has 0 radical (unpaired) electrons.